The van der Waals surface area contributed by atoms with E-state index in [1.807, 2.05) is 44.2 Å². The lowest BCUT2D eigenvalue weighted by molar-refractivity contribution is -0.118. The predicted octanol–water partition coefficient (Wildman–Crippen LogP) is 4.81. The SMILES string of the molecule is CC(C)C1N=C(c2cccc(Cl)c2)c2cc(Cl)ccc2NC1=O. The maximum atomic E-state index is 12.5. The standard InChI is InChI=1S/C18H16Cl2N2O/c1-10(2)16-18(23)21-15-7-6-13(20)9-14(15)17(22-16)11-4-3-5-12(19)8-11/h3-10,16H,1-2H3,(H,21,23). The monoisotopic (exact) mass is 346 g/mol. The fourth-order valence-corrected chi connectivity index (χ4v) is 2.98. The Labute approximate surface area is 145 Å². The van der Waals surface area contributed by atoms with Gasteiger partial charge in [0.1, 0.15) is 6.04 Å². The lowest BCUT2D eigenvalue weighted by atomic mass is 10.00. The number of nitrogens with zero attached hydrogens (tertiary/aromatic N) is 1. The van der Waals surface area contributed by atoms with E-state index in [4.69, 9.17) is 28.2 Å². The Balaban J connectivity index is 2.24. The number of carbonyl (C=O) groups excluding carboxylic acids is 1. The number of benzodiazepines with no additional fused rings is 1. The first-order valence-corrected chi connectivity index (χ1v) is 8.16. The van der Waals surface area contributed by atoms with Crippen LogP contribution in [-0.2, 0) is 4.79 Å². The summed E-state index contributed by atoms with van der Waals surface area (Å²) in [5.74, 6) is -0.0328. The number of rotatable bonds is 2. The van der Waals surface area contributed by atoms with Gasteiger partial charge < -0.3 is 5.32 Å². The van der Waals surface area contributed by atoms with Crippen molar-refractivity contribution in [3.63, 3.8) is 0 Å². The highest BCUT2D eigenvalue weighted by Gasteiger charge is 2.28. The van der Waals surface area contributed by atoms with Crippen molar-refractivity contribution in [1.29, 1.82) is 0 Å². The van der Waals surface area contributed by atoms with Gasteiger partial charge >= 0.3 is 0 Å². The number of hydrogen-bond donors (Lipinski definition) is 1. The Morgan fingerprint density at radius 1 is 1.09 bits per heavy atom. The number of nitrogens with one attached hydrogen (secondary N) is 1. The summed E-state index contributed by atoms with van der Waals surface area (Å²) in [5, 5.41) is 4.17. The maximum absolute atomic E-state index is 12.5. The molecule has 0 aromatic heterocycles. The van der Waals surface area contributed by atoms with E-state index in [-0.39, 0.29) is 11.8 Å². The smallest absolute Gasteiger partial charge is 0.249 e. The molecule has 1 aliphatic heterocycles. The van der Waals surface area contributed by atoms with Crippen LogP contribution >= 0.6 is 23.2 Å². The van der Waals surface area contributed by atoms with Crippen LogP contribution in [0.1, 0.15) is 25.0 Å². The normalized spacial score (nSPS) is 17.3. The molecule has 0 radical (unpaired) electrons. The van der Waals surface area contributed by atoms with Gasteiger partial charge in [0.05, 0.1) is 11.4 Å². The minimum absolute atomic E-state index is 0.0777. The van der Waals surface area contributed by atoms with E-state index >= 15 is 0 Å². The number of halogens is 2. The molecule has 3 nitrogen and oxygen atoms in total. The van der Waals surface area contributed by atoms with Crippen LogP contribution in [0.25, 0.3) is 0 Å². The second kappa shape index (κ2) is 6.34. The topological polar surface area (TPSA) is 41.5 Å². The maximum Gasteiger partial charge on any atom is 0.249 e. The van der Waals surface area contributed by atoms with Crippen LogP contribution in [0, 0.1) is 5.92 Å². The molecule has 1 unspecified atom stereocenters. The molecule has 118 valence electrons. The predicted molar refractivity (Wildman–Crippen MR) is 95.8 cm³/mol. The van der Waals surface area contributed by atoms with Crippen molar-refractivity contribution in [2.24, 2.45) is 10.9 Å². The fraction of sp³-hybridized carbons (Fsp3) is 0.222. The van der Waals surface area contributed by atoms with E-state index in [0.29, 0.717) is 15.7 Å². The molecule has 3 rings (SSSR count). The zero-order valence-electron chi connectivity index (χ0n) is 12.8. The van der Waals surface area contributed by atoms with Gasteiger partial charge in [0.15, 0.2) is 0 Å². The number of amides is 1. The van der Waals surface area contributed by atoms with Gasteiger partial charge in [-0.3, -0.25) is 9.79 Å². The quantitative estimate of drug-likeness (QED) is 0.832. The van der Waals surface area contributed by atoms with Crippen LogP contribution in [-0.4, -0.2) is 17.7 Å². The molecule has 0 aliphatic carbocycles. The van der Waals surface area contributed by atoms with Crippen LogP contribution in [0.2, 0.25) is 10.0 Å². The first-order valence-electron chi connectivity index (χ1n) is 7.40. The molecule has 2 aromatic carbocycles. The van der Waals surface area contributed by atoms with Crippen molar-refractivity contribution in [3.8, 4) is 0 Å². The molecule has 2 aromatic rings. The molecule has 1 atom stereocenters. The molecule has 0 saturated heterocycles. The lowest BCUT2D eigenvalue weighted by Gasteiger charge is -2.14. The molecule has 1 N–H and O–H groups in total. The van der Waals surface area contributed by atoms with Crippen LogP contribution in [0.3, 0.4) is 0 Å². The minimum atomic E-state index is -0.463. The van der Waals surface area contributed by atoms with Gasteiger partial charge in [0.2, 0.25) is 5.91 Å². The van der Waals surface area contributed by atoms with Crippen LogP contribution in [0.4, 0.5) is 5.69 Å². The summed E-state index contributed by atoms with van der Waals surface area (Å²) < 4.78 is 0. The Kier molecular flexibility index (Phi) is 4.42. The van der Waals surface area contributed by atoms with Gasteiger partial charge in [-0.2, -0.15) is 0 Å². The fourth-order valence-electron chi connectivity index (χ4n) is 2.61. The molecule has 0 bridgehead atoms. The molecule has 5 heteroatoms. The molecule has 0 spiro atoms. The summed E-state index contributed by atoms with van der Waals surface area (Å²) in [5.41, 5.74) is 3.10. The number of fused-ring (bicyclic) bond motifs is 1. The third kappa shape index (κ3) is 3.26. The van der Waals surface area contributed by atoms with Crippen LogP contribution in [0.15, 0.2) is 47.5 Å². The summed E-state index contributed by atoms with van der Waals surface area (Å²) in [6.45, 7) is 3.96. The average molecular weight is 347 g/mol. The summed E-state index contributed by atoms with van der Waals surface area (Å²) in [4.78, 5) is 17.2. The molecular formula is C18H16Cl2N2O. The number of carbonyl (C=O) groups is 1. The molecule has 0 saturated carbocycles. The number of anilines is 1. The highest BCUT2D eigenvalue weighted by Crippen LogP contribution is 2.29. The van der Waals surface area contributed by atoms with Crippen molar-refractivity contribution in [2.75, 3.05) is 5.32 Å². The van der Waals surface area contributed by atoms with Crippen LogP contribution in [0.5, 0.6) is 0 Å². The summed E-state index contributed by atoms with van der Waals surface area (Å²) >= 11 is 12.3. The second-order valence-corrected chi connectivity index (χ2v) is 6.73. The summed E-state index contributed by atoms with van der Waals surface area (Å²) in [6.07, 6.45) is 0. The first-order chi connectivity index (χ1) is 11.0. The third-order valence-electron chi connectivity index (χ3n) is 3.76. The molecule has 23 heavy (non-hydrogen) atoms. The lowest BCUT2D eigenvalue weighted by Crippen LogP contribution is -2.30. The van der Waals surface area contributed by atoms with Crippen LogP contribution < -0.4 is 5.32 Å². The van der Waals surface area contributed by atoms with Gasteiger partial charge in [-0.1, -0.05) is 49.2 Å². The minimum Gasteiger partial charge on any atom is -0.324 e. The molecule has 1 aliphatic rings. The van der Waals surface area contributed by atoms with Crippen molar-refractivity contribution in [1.82, 2.24) is 0 Å². The van der Waals surface area contributed by atoms with Gasteiger partial charge in [-0.05, 0) is 36.2 Å². The van der Waals surface area contributed by atoms with Gasteiger partial charge in [0, 0.05) is 21.2 Å². The Morgan fingerprint density at radius 2 is 1.83 bits per heavy atom. The van der Waals surface area contributed by atoms with Crippen molar-refractivity contribution >= 4 is 40.5 Å². The number of aliphatic imine (C=N–C) groups is 1. The van der Waals surface area contributed by atoms with E-state index in [2.05, 4.69) is 5.32 Å². The summed E-state index contributed by atoms with van der Waals surface area (Å²) in [6, 6.07) is 12.4. The Bertz CT molecular complexity index is 799. The van der Waals surface area contributed by atoms with E-state index < -0.39 is 6.04 Å². The first kappa shape index (κ1) is 16.0. The van der Waals surface area contributed by atoms with Crippen molar-refractivity contribution in [3.05, 3.63) is 63.6 Å². The largest absolute Gasteiger partial charge is 0.324 e. The zero-order valence-corrected chi connectivity index (χ0v) is 14.3. The van der Waals surface area contributed by atoms with Gasteiger partial charge in [-0.15, -0.1) is 0 Å². The van der Waals surface area contributed by atoms with Crippen molar-refractivity contribution in [2.45, 2.75) is 19.9 Å². The number of hydrogen-bond acceptors (Lipinski definition) is 2. The van der Waals surface area contributed by atoms with Gasteiger partial charge in [0.25, 0.3) is 0 Å². The summed E-state index contributed by atoms with van der Waals surface area (Å²) in [7, 11) is 0. The highest BCUT2D eigenvalue weighted by molar-refractivity contribution is 6.33. The average Bonchev–Trinajstić information content (AvgIpc) is 2.63. The zero-order chi connectivity index (χ0) is 16.6. The van der Waals surface area contributed by atoms with E-state index in [1.54, 1.807) is 12.1 Å². The van der Waals surface area contributed by atoms with Crippen molar-refractivity contribution < 1.29 is 4.79 Å². The third-order valence-corrected chi connectivity index (χ3v) is 4.23. The molecule has 1 heterocycles. The number of benzene rings is 2. The van der Waals surface area contributed by atoms with E-state index in [1.165, 1.54) is 0 Å². The molecule has 0 fully saturated rings. The van der Waals surface area contributed by atoms with E-state index in [9.17, 15) is 4.79 Å². The molecular weight excluding hydrogens is 331 g/mol. The van der Waals surface area contributed by atoms with Gasteiger partial charge in [-0.25, -0.2) is 0 Å². The molecule has 1 amide bonds. The Hall–Kier alpha value is -1.84. The second-order valence-electron chi connectivity index (χ2n) is 5.86. The van der Waals surface area contributed by atoms with E-state index in [0.717, 1.165) is 16.8 Å². The Morgan fingerprint density at radius 3 is 2.52 bits per heavy atom. The highest BCUT2D eigenvalue weighted by atomic mass is 35.5.